The number of hydrogen-bond acceptors (Lipinski definition) is 4. The van der Waals surface area contributed by atoms with Crippen LogP contribution in [0.25, 0.3) is 0 Å². The number of amides is 2. The summed E-state index contributed by atoms with van der Waals surface area (Å²) in [7, 11) is 0. The molecule has 0 aliphatic heterocycles. The van der Waals surface area contributed by atoms with E-state index in [-0.39, 0.29) is 6.61 Å². The average molecular weight is 299 g/mol. The van der Waals surface area contributed by atoms with E-state index >= 15 is 0 Å². The third kappa shape index (κ3) is 5.87. The van der Waals surface area contributed by atoms with Crippen molar-refractivity contribution >= 4 is 29.4 Å². The highest BCUT2D eigenvalue weighted by Gasteiger charge is 2.05. The molecular weight excluding hydrogens is 288 g/mol. The lowest BCUT2D eigenvalue weighted by Gasteiger charge is -2.08. The lowest BCUT2D eigenvalue weighted by Crippen LogP contribution is -2.43. The molecule has 3 N–H and O–H groups in total. The molecule has 7 nitrogen and oxygen atoms in total. The van der Waals surface area contributed by atoms with E-state index in [1.54, 1.807) is 24.3 Å². The van der Waals surface area contributed by atoms with Gasteiger partial charge in [0.15, 0.2) is 6.61 Å². The third-order valence-electron chi connectivity index (χ3n) is 1.90. The molecule has 0 heterocycles. The van der Waals surface area contributed by atoms with Crippen LogP contribution in [0, 0.1) is 0 Å². The molecule has 0 aliphatic carbocycles. The Morgan fingerprint density at radius 3 is 2.55 bits per heavy atom. The molecule has 2 amide bonds. The van der Waals surface area contributed by atoms with E-state index in [4.69, 9.17) is 21.4 Å². The fraction of sp³-hybridized carbons (Fsp3) is 0.0833. The van der Waals surface area contributed by atoms with Crippen LogP contribution in [0.15, 0.2) is 36.4 Å². The van der Waals surface area contributed by atoms with Crippen molar-refractivity contribution in [1.29, 1.82) is 0 Å². The van der Waals surface area contributed by atoms with E-state index in [1.165, 1.54) is 0 Å². The zero-order valence-electron chi connectivity index (χ0n) is 10.1. The summed E-state index contributed by atoms with van der Waals surface area (Å²) in [6, 6.07) is 6.60. The highest BCUT2D eigenvalue weighted by molar-refractivity contribution is 6.32. The molecule has 106 valence electrons. The number of carbonyl (C=O) groups is 3. The number of nitrogens with one attached hydrogen (secondary N) is 2. The average Bonchev–Trinajstić information content (AvgIpc) is 2.42. The minimum Gasteiger partial charge on any atom is -0.482 e. The van der Waals surface area contributed by atoms with Crippen LogP contribution in [-0.2, 0) is 14.4 Å². The summed E-state index contributed by atoms with van der Waals surface area (Å²) in [6.07, 6.45) is 1.40. The zero-order chi connectivity index (χ0) is 15.0. The molecule has 0 radical (unpaired) electrons. The number of ether oxygens (including phenoxy) is 1. The van der Waals surface area contributed by atoms with Gasteiger partial charge in [0.05, 0.1) is 5.02 Å². The molecule has 8 heteroatoms. The Labute approximate surface area is 119 Å². The second kappa shape index (κ2) is 7.80. The van der Waals surface area contributed by atoms with Crippen LogP contribution in [0.1, 0.15) is 0 Å². The zero-order valence-corrected chi connectivity index (χ0v) is 10.9. The Morgan fingerprint density at radius 2 is 1.90 bits per heavy atom. The number of hydrazine groups is 1. The van der Waals surface area contributed by atoms with Crippen LogP contribution >= 0.6 is 11.6 Å². The number of halogens is 1. The number of benzene rings is 1. The Morgan fingerprint density at radius 1 is 1.20 bits per heavy atom. The molecule has 1 aromatic carbocycles. The molecule has 20 heavy (non-hydrogen) atoms. The fourth-order valence-corrected chi connectivity index (χ4v) is 1.25. The Balaban J connectivity index is 2.33. The van der Waals surface area contributed by atoms with E-state index in [2.05, 4.69) is 0 Å². The van der Waals surface area contributed by atoms with Crippen molar-refractivity contribution < 1.29 is 24.2 Å². The van der Waals surface area contributed by atoms with Crippen LogP contribution in [0.2, 0.25) is 5.02 Å². The van der Waals surface area contributed by atoms with Gasteiger partial charge in [-0.2, -0.15) is 0 Å². The summed E-state index contributed by atoms with van der Waals surface area (Å²) in [5, 5.41) is 8.64. The molecule has 0 saturated heterocycles. The molecule has 0 saturated carbocycles. The van der Waals surface area contributed by atoms with E-state index in [9.17, 15) is 14.4 Å². The molecule has 0 aliphatic rings. The fourth-order valence-electron chi connectivity index (χ4n) is 1.06. The maximum atomic E-state index is 11.3. The number of para-hydroxylation sites is 1. The maximum absolute atomic E-state index is 11.3. The molecule has 0 spiro atoms. The van der Waals surface area contributed by atoms with Gasteiger partial charge in [-0.15, -0.1) is 0 Å². The van der Waals surface area contributed by atoms with Gasteiger partial charge in [0.2, 0.25) is 0 Å². The first-order valence-corrected chi connectivity index (χ1v) is 5.74. The summed E-state index contributed by atoms with van der Waals surface area (Å²) in [5.41, 5.74) is 4.03. The standard InChI is InChI=1S/C12H11ClN2O5/c13-8-3-1-2-4-9(8)20-7-11(17)15-14-10(16)5-6-12(18)19/h1-6H,7H2,(H,14,16)(H,15,17)(H,18,19)/b6-5+. The second-order valence-corrected chi connectivity index (χ2v) is 3.84. The largest absolute Gasteiger partial charge is 0.482 e. The molecule has 0 bridgehead atoms. The van der Waals surface area contributed by atoms with E-state index < -0.39 is 17.8 Å². The monoisotopic (exact) mass is 298 g/mol. The normalized spacial score (nSPS) is 10.1. The van der Waals surface area contributed by atoms with Crippen molar-refractivity contribution in [2.75, 3.05) is 6.61 Å². The summed E-state index contributed by atoms with van der Waals surface area (Å²) in [5.74, 6) is -2.34. The van der Waals surface area contributed by atoms with E-state index in [0.717, 1.165) is 6.08 Å². The highest BCUT2D eigenvalue weighted by Crippen LogP contribution is 2.22. The first-order chi connectivity index (χ1) is 9.49. The second-order valence-electron chi connectivity index (χ2n) is 3.43. The minimum absolute atomic E-state index is 0.335. The Hall–Kier alpha value is -2.54. The van der Waals surface area contributed by atoms with Gasteiger partial charge in [0.25, 0.3) is 11.8 Å². The van der Waals surface area contributed by atoms with Gasteiger partial charge in [-0.25, -0.2) is 4.79 Å². The molecule has 0 aromatic heterocycles. The SMILES string of the molecule is O=C(O)/C=C/C(=O)NNC(=O)COc1ccccc1Cl. The van der Waals surface area contributed by atoms with E-state index in [1.807, 2.05) is 10.9 Å². The van der Waals surface area contributed by atoms with Gasteiger partial charge < -0.3 is 9.84 Å². The summed E-state index contributed by atoms with van der Waals surface area (Å²) in [6.45, 7) is -0.355. The Bertz CT molecular complexity index is 544. The van der Waals surface area contributed by atoms with Crippen LogP contribution in [0.3, 0.4) is 0 Å². The number of carbonyl (C=O) groups excluding carboxylic acids is 2. The van der Waals surface area contributed by atoms with Gasteiger partial charge >= 0.3 is 5.97 Å². The van der Waals surface area contributed by atoms with Gasteiger partial charge in [0, 0.05) is 12.2 Å². The first-order valence-electron chi connectivity index (χ1n) is 5.36. The molecule has 1 rings (SSSR count). The van der Waals surface area contributed by atoms with Crippen molar-refractivity contribution in [1.82, 2.24) is 10.9 Å². The van der Waals surface area contributed by atoms with Crippen molar-refractivity contribution in [2.45, 2.75) is 0 Å². The quantitative estimate of drug-likeness (QED) is 0.542. The predicted molar refractivity (Wildman–Crippen MR) is 70.0 cm³/mol. The molecular formula is C12H11ClN2O5. The van der Waals surface area contributed by atoms with Gasteiger partial charge in [0.1, 0.15) is 5.75 Å². The van der Waals surface area contributed by atoms with Crippen molar-refractivity contribution in [3.05, 3.63) is 41.4 Å². The predicted octanol–water partition coefficient (Wildman–Crippen LogP) is 0.507. The van der Waals surface area contributed by atoms with Crippen LogP contribution in [0.5, 0.6) is 5.75 Å². The first kappa shape index (κ1) is 15.5. The van der Waals surface area contributed by atoms with Gasteiger partial charge in [-0.1, -0.05) is 23.7 Å². The number of aliphatic carboxylic acids is 1. The van der Waals surface area contributed by atoms with Crippen molar-refractivity contribution in [3.8, 4) is 5.75 Å². The van der Waals surface area contributed by atoms with Gasteiger partial charge in [-0.05, 0) is 12.1 Å². The van der Waals surface area contributed by atoms with Crippen LogP contribution in [-0.4, -0.2) is 29.5 Å². The topological polar surface area (TPSA) is 105 Å². The number of hydrogen-bond donors (Lipinski definition) is 3. The molecule has 0 unspecified atom stereocenters. The summed E-state index contributed by atoms with van der Waals surface area (Å²) < 4.78 is 5.12. The molecule has 0 atom stereocenters. The third-order valence-corrected chi connectivity index (χ3v) is 2.21. The van der Waals surface area contributed by atoms with Crippen molar-refractivity contribution in [3.63, 3.8) is 0 Å². The minimum atomic E-state index is -1.27. The van der Waals surface area contributed by atoms with Crippen LogP contribution in [0.4, 0.5) is 0 Å². The number of carboxylic acid groups (broad SMARTS) is 1. The van der Waals surface area contributed by atoms with Crippen LogP contribution < -0.4 is 15.6 Å². The summed E-state index contributed by atoms with van der Waals surface area (Å²) >= 11 is 5.81. The lowest BCUT2D eigenvalue weighted by molar-refractivity contribution is -0.131. The number of rotatable bonds is 5. The lowest BCUT2D eigenvalue weighted by atomic mass is 10.3. The van der Waals surface area contributed by atoms with E-state index in [0.29, 0.717) is 16.8 Å². The maximum Gasteiger partial charge on any atom is 0.328 e. The highest BCUT2D eigenvalue weighted by atomic mass is 35.5. The van der Waals surface area contributed by atoms with Crippen molar-refractivity contribution in [2.24, 2.45) is 0 Å². The molecule has 0 fully saturated rings. The van der Waals surface area contributed by atoms with Gasteiger partial charge in [-0.3, -0.25) is 20.4 Å². The summed E-state index contributed by atoms with van der Waals surface area (Å²) in [4.78, 5) is 32.5. The Kier molecular flexibility index (Phi) is 6.05. The number of carboxylic acids is 1. The molecule has 1 aromatic rings. The smallest absolute Gasteiger partial charge is 0.328 e.